The van der Waals surface area contributed by atoms with Gasteiger partial charge in [0.05, 0.1) is 12.7 Å². The highest BCUT2D eigenvalue weighted by atomic mass is 28.4. The largest absolute Gasteiger partial charge is 0.413 e. The van der Waals surface area contributed by atoms with Crippen LogP contribution >= 0.6 is 0 Å². The highest BCUT2D eigenvalue weighted by molar-refractivity contribution is 6.74. The fraction of sp³-hybridized carbons (Fsp3) is 0.846. The van der Waals surface area contributed by atoms with Gasteiger partial charge in [0.1, 0.15) is 0 Å². The summed E-state index contributed by atoms with van der Waals surface area (Å²) in [6.45, 7) is 19.4. The van der Waals surface area contributed by atoms with Crippen molar-refractivity contribution in [3.05, 3.63) is 12.2 Å². The van der Waals surface area contributed by atoms with Gasteiger partial charge in [0, 0.05) is 0 Å². The lowest BCUT2D eigenvalue weighted by Crippen LogP contribution is -2.41. The molecule has 16 heavy (non-hydrogen) atoms. The van der Waals surface area contributed by atoms with Crippen LogP contribution in [0.1, 0.15) is 34.6 Å². The fourth-order valence-corrected chi connectivity index (χ4v) is 2.03. The molecular formula is C13H28O2Si. The minimum Gasteiger partial charge on any atom is -0.413 e. The monoisotopic (exact) mass is 244 g/mol. The zero-order valence-electron chi connectivity index (χ0n) is 11.9. The SMILES string of the molecule is C=C(CO[Si](C)(C)C(C)(C)C)[C@@H](O)C(C)C. The molecule has 0 aliphatic heterocycles. The Balaban J connectivity index is 4.31. The summed E-state index contributed by atoms with van der Waals surface area (Å²) in [5.74, 6) is 0.204. The van der Waals surface area contributed by atoms with Crippen LogP contribution in [-0.2, 0) is 4.43 Å². The summed E-state index contributed by atoms with van der Waals surface area (Å²) in [7, 11) is -1.72. The third kappa shape index (κ3) is 4.40. The minimum absolute atomic E-state index is 0.204. The van der Waals surface area contributed by atoms with E-state index in [0.29, 0.717) is 6.61 Å². The van der Waals surface area contributed by atoms with Gasteiger partial charge in [-0.3, -0.25) is 0 Å². The topological polar surface area (TPSA) is 29.5 Å². The first-order valence-electron chi connectivity index (χ1n) is 5.98. The van der Waals surface area contributed by atoms with Crippen molar-refractivity contribution in [3.8, 4) is 0 Å². The summed E-state index contributed by atoms with van der Waals surface area (Å²) in [4.78, 5) is 0. The Hall–Kier alpha value is -0.123. The molecule has 0 heterocycles. The number of aliphatic hydroxyl groups excluding tert-OH is 1. The number of hydrogen-bond donors (Lipinski definition) is 1. The van der Waals surface area contributed by atoms with E-state index in [9.17, 15) is 5.11 Å². The van der Waals surface area contributed by atoms with Gasteiger partial charge in [-0.05, 0) is 29.6 Å². The molecule has 0 rings (SSSR count). The lowest BCUT2D eigenvalue weighted by atomic mass is 10.0. The molecule has 0 saturated heterocycles. The summed E-state index contributed by atoms with van der Waals surface area (Å²) in [5.41, 5.74) is 0.792. The van der Waals surface area contributed by atoms with E-state index in [1.807, 2.05) is 13.8 Å². The Kier molecular flexibility index (Phi) is 5.43. The van der Waals surface area contributed by atoms with Crippen LogP contribution in [0.4, 0.5) is 0 Å². The predicted octanol–water partition coefficient (Wildman–Crippen LogP) is 3.58. The maximum Gasteiger partial charge on any atom is 0.192 e. The molecule has 0 aliphatic carbocycles. The first-order chi connectivity index (χ1) is 6.99. The quantitative estimate of drug-likeness (QED) is 0.591. The van der Waals surface area contributed by atoms with Gasteiger partial charge in [-0.15, -0.1) is 0 Å². The smallest absolute Gasteiger partial charge is 0.192 e. The van der Waals surface area contributed by atoms with Gasteiger partial charge in [-0.1, -0.05) is 41.2 Å². The molecule has 1 atom stereocenters. The van der Waals surface area contributed by atoms with Crippen molar-refractivity contribution < 1.29 is 9.53 Å². The first kappa shape index (κ1) is 15.9. The summed E-state index contributed by atoms with van der Waals surface area (Å²) in [6, 6.07) is 0. The van der Waals surface area contributed by atoms with Gasteiger partial charge in [-0.25, -0.2) is 0 Å². The van der Waals surface area contributed by atoms with Crippen molar-refractivity contribution in [2.75, 3.05) is 6.61 Å². The molecule has 0 aromatic heterocycles. The third-order valence-electron chi connectivity index (χ3n) is 3.47. The van der Waals surface area contributed by atoms with E-state index in [2.05, 4.69) is 40.4 Å². The zero-order chi connectivity index (χ0) is 13.1. The molecule has 0 aliphatic rings. The van der Waals surface area contributed by atoms with Crippen molar-refractivity contribution in [2.45, 2.75) is 58.9 Å². The molecule has 3 heteroatoms. The number of rotatable bonds is 5. The van der Waals surface area contributed by atoms with Crippen LogP contribution in [0.3, 0.4) is 0 Å². The van der Waals surface area contributed by atoms with Crippen molar-refractivity contribution >= 4 is 8.32 Å². The molecular weight excluding hydrogens is 216 g/mol. The molecule has 0 unspecified atom stereocenters. The molecule has 0 aromatic carbocycles. The fourth-order valence-electron chi connectivity index (χ4n) is 1.05. The van der Waals surface area contributed by atoms with Crippen molar-refractivity contribution in [2.24, 2.45) is 5.92 Å². The molecule has 2 nitrogen and oxygen atoms in total. The molecule has 0 fully saturated rings. The normalized spacial score (nSPS) is 15.3. The van der Waals surface area contributed by atoms with Crippen LogP contribution in [0.5, 0.6) is 0 Å². The summed E-state index contributed by atoms with van der Waals surface area (Å²) >= 11 is 0. The Morgan fingerprint density at radius 3 is 2.06 bits per heavy atom. The minimum atomic E-state index is -1.72. The van der Waals surface area contributed by atoms with E-state index in [1.165, 1.54) is 0 Å². The van der Waals surface area contributed by atoms with Crippen molar-refractivity contribution in [1.29, 1.82) is 0 Å². The van der Waals surface area contributed by atoms with Gasteiger partial charge in [-0.2, -0.15) is 0 Å². The van der Waals surface area contributed by atoms with Crippen LogP contribution in [-0.4, -0.2) is 26.1 Å². The highest BCUT2D eigenvalue weighted by Crippen LogP contribution is 2.36. The zero-order valence-corrected chi connectivity index (χ0v) is 12.9. The molecule has 0 spiro atoms. The van der Waals surface area contributed by atoms with E-state index in [1.54, 1.807) is 0 Å². The standard InChI is InChI=1S/C13H28O2Si/c1-10(2)12(14)11(3)9-15-16(7,8)13(4,5)6/h10,12,14H,3,9H2,1-2,4-8H3/t12-/m0/s1. The molecule has 96 valence electrons. The molecule has 0 radical (unpaired) electrons. The average molecular weight is 244 g/mol. The third-order valence-corrected chi connectivity index (χ3v) is 7.95. The Bertz CT molecular complexity index is 239. The summed E-state index contributed by atoms with van der Waals surface area (Å²) in [6.07, 6.45) is -0.454. The Labute approximate surface area is 102 Å². The van der Waals surface area contributed by atoms with E-state index in [4.69, 9.17) is 4.43 Å². The van der Waals surface area contributed by atoms with E-state index in [0.717, 1.165) is 5.57 Å². The second-order valence-corrected chi connectivity index (χ2v) is 11.2. The number of hydrogen-bond acceptors (Lipinski definition) is 2. The van der Waals surface area contributed by atoms with E-state index >= 15 is 0 Å². The first-order valence-corrected chi connectivity index (χ1v) is 8.89. The molecule has 0 aromatic rings. The van der Waals surface area contributed by atoms with Crippen LogP contribution < -0.4 is 0 Å². The van der Waals surface area contributed by atoms with Crippen LogP contribution in [0.2, 0.25) is 18.1 Å². The summed E-state index contributed by atoms with van der Waals surface area (Å²) < 4.78 is 6.01. The molecule has 0 bridgehead atoms. The van der Waals surface area contributed by atoms with Gasteiger partial charge in [0.2, 0.25) is 0 Å². The van der Waals surface area contributed by atoms with Crippen LogP contribution in [0, 0.1) is 5.92 Å². The molecule has 0 saturated carbocycles. The van der Waals surface area contributed by atoms with Gasteiger partial charge < -0.3 is 9.53 Å². The van der Waals surface area contributed by atoms with E-state index in [-0.39, 0.29) is 11.0 Å². The lowest BCUT2D eigenvalue weighted by Gasteiger charge is -2.36. The second-order valence-electron chi connectivity index (χ2n) is 6.40. The highest BCUT2D eigenvalue weighted by Gasteiger charge is 2.37. The van der Waals surface area contributed by atoms with E-state index < -0.39 is 14.4 Å². The van der Waals surface area contributed by atoms with Gasteiger partial charge in [0.15, 0.2) is 8.32 Å². The lowest BCUT2D eigenvalue weighted by molar-refractivity contribution is 0.145. The van der Waals surface area contributed by atoms with Gasteiger partial charge >= 0.3 is 0 Å². The van der Waals surface area contributed by atoms with Crippen molar-refractivity contribution in [1.82, 2.24) is 0 Å². The predicted molar refractivity (Wildman–Crippen MR) is 73.1 cm³/mol. The summed E-state index contributed by atoms with van der Waals surface area (Å²) in [5, 5.41) is 10.0. The van der Waals surface area contributed by atoms with Crippen LogP contribution in [0.15, 0.2) is 12.2 Å². The molecule has 1 N–H and O–H groups in total. The number of aliphatic hydroxyl groups is 1. The maximum absolute atomic E-state index is 9.83. The Morgan fingerprint density at radius 2 is 1.75 bits per heavy atom. The average Bonchev–Trinajstić information content (AvgIpc) is 2.11. The van der Waals surface area contributed by atoms with Crippen LogP contribution in [0.25, 0.3) is 0 Å². The van der Waals surface area contributed by atoms with Crippen molar-refractivity contribution in [3.63, 3.8) is 0 Å². The Morgan fingerprint density at radius 1 is 1.31 bits per heavy atom. The second kappa shape index (κ2) is 5.47. The maximum atomic E-state index is 9.83. The van der Waals surface area contributed by atoms with Gasteiger partial charge in [0.25, 0.3) is 0 Å². The molecule has 0 amide bonds.